The molecule has 31 heavy (non-hydrogen) atoms. The van der Waals surface area contributed by atoms with Gasteiger partial charge in [-0.1, -0.05) is 24.3 Å². The highest BCUT2D eigenvalue weighted by molar-refractivity contribution is 5.83. The minimum Gasteiger partial charge on any atom is -0.504 e. The van der Waals surface area contributed by atoms with Gasteiger partial charge in [0.05, 0.1) is 24.5 Å². The molecular weight excluding hydrogens is 394 g/mol. The Morgan fingerprint density at radius 1 is 1.06 bits per heavy atom. The first kappa shape index (κ1) is 21.4. The zero-order chi connectivity index (χ0) is 22.1. The van der Waals surface area contributed by atoms with Crippen LogP contribution in [0.3, 0.4) is 0 Å². The van der Waals surface area contributed by atoms with E-state index in [1.807, 2.05) is 31.2 Å². The smallest absolute Gasteiger partial charge is 0.277 e. The summed E-state index contributed by atoms with van der Waals surface area (Å²) in [5.74, 6) is 0.542. The number of aromatic hydroxyl groups is 1. The molecule has 0 aliphatic rings. The molecule has 3 aromatic carbocycles. The molecule has 0 fully saturated rings. The van der Waals surface area contributed by atoms with E-state index in [0.717, 1.165) is 11.1 Å². The Morgan fingerprint density at radius 3 is 2.39 bits per heavy atom. The summed E-state index contributed by atoms with van der Waals surface area (Å²) in [5, 5.41) is 22.5. The van der Waals surface area contributed by atoms with Gasteiger partial charge in [0.1, 0.15) is 5.75 Å². The molecule has 0 radical (unpaired) electrons. The van der Waals surface area contributed by atoms with Crippen molar-refractivity contribution in [2.45, 2.75) is 6.92 Å². The van der Waals surface area contributed by atoms with Gasteiger partial charge in [-0.05, 0) is 66.1 Å². The van der Waals surface area contributed by atoms with E-state index in [-0.39, 0.29) is 12.4 Å². The van der Waals surface area contributed by atoms with Gasteiger partial charge in [-0.3, -0.25) is 4.79 Å². The maximum Gasteiger partial charge on any atom is 0.277 e. The second-order valence-corrected chi connectivity index (χ2v) is 6.46. The topological polar surface area (TPSA) is 104 Å². The molecule has 2 N–H and O–H groups in total. The number of nitriles is 1. The number of rotatable bonds is 8. The Bertz CT molecular complexity index is 1100. The van der Waals surface area contributed by atoms with E-state index in [1.165, 1.54) is 12.3 Å². The van der Waals surface area contributed by atoms with Gasteiger partial charge in [-0.15, -0.1) is 0 Å². The van der Waals surface area contributed by atoms with Crippen LogP contribution < -0.4 is 14.9 Å². The Labute approximate surface area is 180 Å². The molecule has 0 aliphatic carbocycles. The minimum atomic E-state index is -0.406. The summed E-state index contributed by atoms with van der Waals surface area (Å²) in [4.78, 5) is 11.9. The molecule has 156 valence electrons. The highest BCUT2D eigenvalue weighted by atomic mass is 16.5. The van der Waals surface area contributed by atoms with Crippen LogP contribution in [-0.2, 0) is 4.79 Å². The van der Waals surface area contributed by atoms with Gasteiger partial charge >= 0.3 is 0 Å². The summed E-state index contributed by atoms with van der Waals surface area (Å²) in [5.41, 5.74) is 5.63. The summed E-state index contributed by atoms with van der Waals surface area (Å²) in [6.45, 7) is 2.06. The van der Waals surface area contributed by atoms with Crippen molar-refractivity contribution in [1.29, 1.82) is 5.26 Å². The van der Waals surface area contributed by atoms with Crippen molar-refractivity contribution in [1.82, 2.24) is 5.43 Å². The van der Waals surface area contributed by atoms with Crippen molar-refractivity contribution < 1.29 is 19.4 Å². The van der Waals surface area contributed by atoms with Crippen LogP contribution in [0.5, 0.6) is 17.2 Å². The lowest BCUT2D eigenvalue weighted by Crippen LogP contribution is -2.24. The number of hydrogen-bond donors (Lipinski definition) is 2. The second kappa shape index (κ2) is 10.5. The number of nitrogens with one attached hydrogen (secondary N) is 1. The summed E-state index contributed by atoms with van der Waals surface area (Å²) in [6, 6.07) is 21.5. The van der Waals surface area contributed by atoms with E-state index < -0.39 is 5.91 Å². The molecule has 0 unspecified atom stereocenters. The van der Waals surface area contributed by atoms with Gasteiger partial charge in [0.2, 0.25) is 0 Å². The van der Waals surface area contributed by atoms with Crippen molar-refractivity contribution >= 4 is 12.1 Å². The third-order valence-corrected chi connectivity index (χ3v) is 4.26. The van der Waals surface area contributed by atoms with Crippen molar-refractivity contribution in [3.63, 3.8) is 0 Å². The number of phenols is 1. The van der Waals surface area contributed by atoms with Crippen molar-refractivity contribution in [3.8, 4) is 34.4 Å². The average molecular weight is 415 g/mol. The van der Waals surface area contributed by atoms with Gasteiger partial charge in [0.25, 0.3) is 5.91 Å². The normalized spacial score (nSPS) is 10.5. The van der Waals surface area contributed by atoms with Gasteiger partial charge in [-0.25, -0.2) is 5.43 Å². The molecule has 0 saturated heterocycles. The largest absolute Gasteiger partial charge is 0.504 e. The molecule has 1 amide bonds. The first-order valence-electron chi connectivity index (χ1n) is 9.60. The molecule has 0 spiro atoms. The fourth-order valence-corrected chi connectivity index (χ4v) is 2.72. The maximum absolute atomic E-state index is 11.9. The van der Waals surface area contributed by atoms with Crippen LogP contribution in [0.1, 0.15) is 18.1 Å². The van der Waals surface area contributed by atoms with E-state index >= 15 is 0 Å². The standard InChI is InChI=1S/C24H21N3O4/c1-2-30-23-13-18(5-12-22(23)28)15-26-27-24(29)16-31-21-10-8-20(9-11-21)19-6-3-17(14-25)4-7-19/h3-13,15,28H,2,16H2,1H3,(H,27,29)/b26-15+. The van der Waals surface area contributed by atoms with E-state index in [0.29, 0.717) is 29.2 Å². The van der Waals surface area contributed by atoms with Crippen LogP contribution in [0.4, 0.5) is 0 Å². The van der Waals surface area contributed by atoms with Crippen LogP contribution in [0.15, 0.2) is 71.8 Å². The van der Waals surface area contributed by atoms with E-state index in [9.17, 15) is 9.90 Å². The third kappa shape index (κ3) is 6.08. The first-order chi connectivity index (χ1) is 15.1. The number of hydrazone groups is 1. The van der Waals surface area contributed by atoms with Crippen molar-refractivity contribution in [3.05, 3.63) is 77.9 Å². The Balaban J connectivity index is 1.50. The predicted molar refractivity (Wildman–Crippen MR) is 117 cm³/mol. The number of carbonyl (C=O) groups is 1. The number of benzene rings is 3. The molecule has 0 aliphatic heterocycles. The van der Waals surface area contributed by atoms with Gasteiger partial charge in [-0.2, -0.15) is 10.4 Å². The first-order valence-corrected chi connectivity index (χ1v) is 9.60. The zero-order valence-electron chi connectivity index (χ0n) is 16.9. The zero-order valence-corrected chi connectivity index (χ0v) is 16.9. The van der Waals surface area contributed by atoms with E-state index in [2.05, 4.69) is 16.6 Å². The molecular formula is C24H21N3O4. The number of hydrogen-bond acceptors (Lipinski definition) is 6. The Morgan fingerprint density at radius 2 is 1.74 bits per heavy atom. The predicted octanol–water partition coefficient (Wildman–Crippen LogP) is 3.86. The molecule has 0 atom stereocenters. The van der Waals surface area contributed by atoms with Crippen LogP contribution in [-0.4, -0.2) is 30.4 Å². The molecule has 3 aromatic rings. The lowest BCUT2D eigenvalue weighted by atomic mass is 10.0. The lowest BCUT2D eigenvalue weighted by molar-refractivity contribution is -0.123. The molecule has 7 nitrogen and oxygen atoms in total. The summed E-state index contributed by atoms with van der Waals surface area (Å²) < 4.78 is 10.8. The van der Waals surface area contributed by atoms with Gasteiger partial charge in [0, 0.05) is 0 Å². The fraction of sp³-hybridized carbons (Fsp3) is 0.125. The summed E-state index contributed by atoms with van der Waals surface area (Å²) >= 11 is 0. The van der Waals surface area contributed by atoms with Crippen LogP contribution >= 0.6 is 0 Å². The number of amides is 1. The molecule has 0 aromatic heterocycles. The molecule has 0 bridgehead atoms. The highest BCUT2D eigenvalue weighted by Crippen LogP contribution is 2.26. The van der Waals surface area contributed by atoms with Crippen molar-refractivity contribution in [2.75, 3.05) is 13.2 Å². The SMILES string of the molecule is CCOc1cc(/C=N/NC(=O)COc2ccc(-c3ccc(C#N)cc3)cc2)ccc1O. The fourth-order valence-electron chi connectivity index (χ4n) is 2.72. The third-order valence-electron chi connectivity index (χ3n) is 4.26. The summed E-state index contributed by atoms with van der Waals surface area (Å²) in [6.07, 6.45) is 1.45. The van der Waals surface area contributed by atoms with Crippen LogP contribution in [0.2, 0.25) is 0 Å². The minimum absolute atomic E-state index is 0.0432. The summed E-state index contributed by atoms with van der Waals surface area (Å²) in [7, 11) is 0. The Hall–Kier alpha value is -4.31. The number of carbonyl (C=O) groups excluding carboxylic acids is 1. The highest BCUT2D eigenvalue weighted by Gasteiger charge is 2.04. The maximum atomic E-state index is 11.9. The number of phenolic OH excluding ortho intramolecular Hbond substituents is 1. The van der Waals surface area contributed by atoms with E-state index in [1.54, 1.807) is 36.4 Å². The quantitative estimate of drug-likeness (QED) is 0.429. The number of nitrogens with zero attached hydrogens (tertiary/aromatic N) is 2. The Kier molecular flexibility index (Phi) is 7.22. The molecule has 0 saturated carbocycles. The van der Waals surface area contributed by atoms with Crippen LogP contribution in [0.25, 0.3) is 11.1 Å². The number of ether oxygens (including phenoxy) is 2. The molecule has 7 heteroatoms. The van der Waals surface area contributed by atoms with Crippen LogP contribution in [0, 0.1) is 11.3 Å². The average Bonchev–Trinajstić information content (AvgIpc) is 2.80. The van der Waals surface area contributed by atoms with Crippen molar-refractivity contribution in [2.24, 2.45) is 5.10 Å². The van der Waals surface area contributed by atoms with E-state index in [4.69, 9.17) is 14.7 Å². The molecule has 0 heterocycles. The lowest BCUT2D eigenvalue weighted by Gasteiger charge is -2.07. The van der Waals surface area contributed by atoms with Gasteiger partial charge < -0.3 is 14.6 Å². The monoisotopic (exact) mass is 415 g/mol. The second-order valence-electron chi connectivity index (χ2n) is 6.46. The molecule has 3 rings (SSSR count). The van der Waals surface area contributed by atoms with Gasteiger partial charge in [0.15, 0.2) is 18.1 Å².